The average Bonchev–Trinajstić information content (AvgIpc) is 3.23. The van der Waals surface area contributed by atoms with Gasteiger partial charge in [0.2, 0.25) is 11.8 Å². The molecule has 1 saturated heterocycles. The van der Waals surface area contributed by atoms with Crippen LogP contribution in [-0.4, -0.2) is 51.8 Å². The van der Waals surface area contributed by atoms with E-state index in [-0.39, 0.29) is 57.2 Å². The van der Waals surface area contributed by atoms with Crippen molar-refractivity contribution in [3.05, 3.63) is 87.0 Å². The number of carboxylic acid groups (broad SMARTS) is 1. The second-order valence-corrected chi connectivity index (χ2v) is 11.6. The molecule has 43 heavy (non-hydrogen) atoms. The van der Waals surface area contributed by atoms with Crippen LogP contribution in [-0.2, 0) is 19.2 Å². The lowest BCUT2D eigenvalue weighted by Crippen LogP contribution is -2.40. The lowest BCUT2D eigenvalue weighted by molar-refractivity contribution is -0.123. The molecule has 10 nitrogen and oxygen atoms in total. The number of allylic oxidation sites excluding steroid dienone is 7. The van der Waals surface area contributed by atoms with Gasteiger partial charge in [-0.2, -0.15) is 0 Å². The van der Waals surface area contributed by atoms with Crippen LogP contribution in [0, 0.1) is 23.7 Å². The number of imide groups is 1. The molecular formula is C32H24BrNO9. The topological polar surface area (TPSA) is 159 Å². The summed E-state index contributed by atoms with van der Waals surface area (Å²) in [5.74, 6) is -6.18. The van der Waals surface area contributed by atoms with E-state index in [1.54, 1.807) is 24.3 Å². The van der Waals surface area contributed by atoms with E-state index in [0.29, 0.717) is 11.1 Å². The molecule has 4 atom stereocenters. The van der Waals surface area contributed by atoms with E-state index in [1.165, 1.54) is 25.3 Å². The lowest BCUT2D eigenvalue weighted by Gasteiger charge is -2.41. The Balaban J connectivity index is 1.41. The number of Topliss-reactive ketones (excluding diaryl/α,β-unsaturated/α-hetero) is 1. The zero-order chi connectivity index (χ0) is 30.7. The van der Waals surface area contributed by atoms with Gasteiger partial charge in [0.05, 0.1) is 29.1 Å². The molecule has 2 aromatic rings. The maximum Gasteiger partial charge on any atom is 0.339 e. The number of amides is 2. The summed E-state index contributed by atoms with van der Waals surface area (Å²) in [5, 5.41) is 29.5. The van der Waals surface area contributed by atoms with Gasteiger partial charge in [-0.15, -0.1) is 0 Å². The largest absolute Gasteiger partial charge is 0.507 e. The van der Waals surface area contributed by atoms with Crippen molar-refractivity contribution >= 4 is 57.0 Å². The number of aromatic carboxylic acids is 1. The monoisotopic (exact) mass is 645 g/mol. The number of ether oxygens (including phenoxy) is 1. The summed E-state index contributed by atoms with van der Waals surface area (Å²) in [5.41, 5.74) is 1.71. The Bertz CT molecular complexity index is 1780. The first-order valence-corrected chi connectivity index (χ1v) is 14.2. The standard InChI is InChI=1S/C32H24BrNO9/c1-43-26-10-14(3-9-23(26)35)2-5-17-16-7-8-19-28(20(16)12-21-27(17)25(37)13-22(33)29(21)38)31(40)34(30(19)39)15-4-6-18(32(41)42)24(36)11-15/h2-7,9-11,13,17,19-20,28,35-36H,8,12H2,1H3,(H,41,42). The molecule has 0 saturated carbocycles. The van der Waals surface area contributed by atoms with Gasteiger partial charge in [0.25, 0.3) is 0 Å². The minimum Gasteiger partial charge on any atom is -0.507 e. The highest BCUT2D eigenvalue weighted by atomic mass is 79.9. The smallest absolute Gasteiger partial charge is 0.339 e. The maximum absolute atomic E-state index is 13.9. The number of phenols is 2. The molecule has 0 spiro atoms. The van der Waals surface area contributed by atoms with Crippen molar-refractivity contribution in [1.82, 2.24) is 0 Å². The second-order valence-electron chi connectivity index (χ2n) is 10.7. The molecule has 2 aromatic carbocycles. The van der Waals surface area contributed by atoms with Crippen molar-refractivity contribution in [2.75, 3.05) is 12.0 Å². The number of anilines is 1. The summed E-state index contributed by atoms with van der Waals surface area (Å²) in [7, 11) is 1.43. The summed E-state index contributed by atoms with van der Waals surface area (Å²) in [6.07, 6.45) is 6.95. The third-order valence-electron chi connectivity index (χ3n) is 8.53. The highest BCUT2D eigenvalue weighted by Crippen LogP contribution is 2.53. The number of benzene rings is 2. The first-order valence-electron chi connectivity index (χ1n) is 13.4. The average molecular weight is 646 g/mol. The Labute approximate surface area is 253 Å². The van der Waals surface area contributed by atoms with Gasteiger partial charge >= 0.3 is 5.97 Å². The Kier molecular flexibility index (Phi) is 6.92. The molecule has 1 fully saturated rings. The van der Waals surface area contributed by atoms with Crippen molar-refractivity contribution in [3.63, 3.8) is 0 Å². The Morgan fingerprint density at radius 3 is 2.49 bits per heavy atom. The van der Waals surface area contributed by atoms with E-state index in [1.807, 2.05) is 6.08 Å². The zero-order valence-electron chi connectivity index (χ0n) is 22.6. The fraction of sp³-hybridized carbons (Fsp3) is 0.219. The predicted molar refractivity (Wildman–Crippen MR) is 157 cm³/mol. The summed E-state index contributed by atoms with van der Waals surface area (Å²) >= 11 is 3.19. The summed E-state index contributed by atoms with van der Waals surface area (Å²) < 4.78 is 5.32. The highest BCUT2D eigenvalue weighted by Gasteiger charge is 2.56. The van der Waals surface area contributed by atoms with Gasteiger partial charge in [0.1, 0.15) is 11.3 Å². The molecule has 218 valence electrons. The molecule has 1 aliphatic heterocycles. The molecule has 1 heterocycles. The van der Waals surface area contributed by atoms with Gasteiger partial charge in [0, 0.05) is 29.2 Å². The van der Waals surface area contributed by atoms with E-state index in [0.717, 1.165) is 22.6 Å². The molecule has 0 bridgehead atoms. The number of hydrogen-bond acceptors (Lipinski definition) is 8. The first-order chi connectivity index (χ1) is 20.5. The van der Waals surface area contributed by atoms with Crippen molar-refractivity contribution in [2.45, 2.75) is 12.8 Å². The van der Waals surface area contributed by atoms with Gasteiger partial charge < -0.3 is 20.1 Å². The Morgan fingerprint density at radius 1 is 1.02 bits per heavy atom. The van der Waals surface area contributed by atoms with Crippen molar-refractivity contribution in [3.8, 4) is 17.2 Å². The fourth-order valence-corrected chi connectivity index (χ4v) is 7.03. The van der Waals surface area contributed by atoms with E-state index in [9.17, 15) is 39.3 Å². The number of carbonyl (C=O) groups is 5. The quantitative estimate of drug-likeness (QED) is 0.245. The van der Waals surface area contributed by atoms with E-state index >= 15 is 0 Å². The van der Waals surface area contributed by atoms with Crippen LogP contribution in [0.1, 0.15) is 28.8 Å². The SMILES string of the molecule is COc1cc(C=CC2C3=CCC4C(=O)N(c5ccc(C(=O)O)c(O)c5)C(=O)C4C3CC3=C2C(=O)C=C(Br)C3=O)ccc1O. The number of carbonyl (C=O) groups excluding carboxylic acids is 4. The van der Waals surface area contributed by atoms with Crippen LogP contribution < -0.4 is 9.64 Å². The number of ketones is 2. The normalized spacial score (nSPS) is 24.9. The van der Waals surface area contributed by atoms with Crippen molar-refractivity contribution in [2.24, 2.45) is 23.7 Å². The summed E-state index contributed by atoms with van der Waals surface area (Å²) in [4.78, 5) is 66.4. The Morgan fingerprint density at radius 2 is 1.79 bits per heavy atom. The molecule has 3 N–H and O–H groups in total. The van der Waals surface area contributed by atoms with Crippen LogP contribution in [0.3, 0.4) is 0 Å². The molecular weight excluding hydrogens is 622 g/mol. The molecule has 3 aliphatic carbocycles. The van der Waals surface area contributed by atoms with Crippen LogP contribution in [0.4, 0.5) is 5.69 Å². The minimum atomic E-state index is -1.35. The molecule has 0 aromatic heterocycles. The molecule has 0 radical (unpaired) electrons. The van der Waals surface area contributed by atoms with Crippen LogP contribution >= 0.6 is 15.9 Å². The van der Waals surface area contributed by atoms with Gasteiger partial charge in [0.15, 0.2) is 23.1 Å². The lowest BCUT2D eigenvalue weighted by atomic mass is 9.61. The van der Waals surface area contributed by atoms with Crippen molar-refractivity contribution < 1.29 is 44.0 Å². The van der Waals surface area contributed by atoms with Crippen LogP contribution in [0.5, 0.6) is 17.2 Å². The molecule has 2 amide bonds. The number of rotatable bonds is 5. The predicted octanol–water partition coefficient (Wildman–Crippen LogP) is 4.32. The highest BCUT2D eigenvalue weighted by molar-refractivity contribution is 9.12. The molecule has 6 rings (SSSR count). The number of carboxylic acids is 1. The summed E-state index contributed by atoms with van der Waals surface area (Å²) in [6, 6.07) is 8.28. The molecule has 4 aliphatic rings. The van der Waals surface area contributed by atoms with Crippen molar-refractivity contribution in [1.29, 1.82) is 0 Å². The number of hydrogen-bond donors (Lipinski definition) is 3. The zero-order valence-corrected chi connectivity index (χ0v) is 24.2. The number of fused-ring (bicyclic) bond motifs is 3. The van der Waals surface area contributed by atoms with Gasteiger partial charge in [-0.3, -0.25) is 19.2 Å². The number of phenolic OH excluding ortho intramolecular Hbond substituents is 1. The Hall–Kier alpha value is -4.77. The van der Waals surface area contributed by atoms with Crippen LogP contribution in [0.25, 0.3) is 6.08 Å². The fourth-order valence-electron chi connectivity index (χ4n) is 6.58. The maximum atomic E-state index is 13.9. The first kappa shape index (κ1) is 28.4. The number of methoxy groups -OCH3 is 1. The van der Waals surface area contributed by atoms with E-state index < -0.39 is 47.2 Å². The second kappa shape index (κ2) is 10.5. The number of halogens is 1. The van der Waals surface area contributed by atoms with Crippen LogP contribution in [0.2, 0.25) is 0 Å². The third-order valence-corrected chi connectivity index (χ3v) is 9.12. The number of aromatic hydroxyl groups is 2. The van der Waals surface area contributed by atoms with E-state index in [2.05, 4.69) is 15.9 Å². The third kappa shape index (κ3) is 4.51. The minimum absolute atomic E-state index is 0.0358. The molecule has 4 unspecified atom stereocenters. The number of nitrogens with zero attached hydrogens (tertiary/aromatic N) is 1. The van der Waals surface area contributed by atoms with Gasteiger partial charge in [-0.05, 0) is 64.5 Å². The van der Waals surface area contributed by atoms with Gasteiger partial charge in [-0.1, -0.05) is 29.9 Å². The van der Waals surface area contributed by atoms with Crippen LogP contribution in [0.15, 0.2) is 75.8 Å². The van der Waals surface area contributed by atoms with E-state index in [4.69, 9.17) is 4.74 Å². The summed E-state index contributed by atoms with van der Waals surface area (Å²) in [6.45, 7) is 0. The molecule has 11 heteroatoms. The van der Waals surface area contributed by atoms with Gasteiger partial charge in [-0.25, -0.2) is 9.69 Å².